The molecule has 0 aliphatic heterocycles. The van der Waals surface area contributed by atoms with Crippen LogP contribution in [0.25, 0.3) is 0 Å². The molecule has 0 unspecified atom stereocenters. The highest BCUT2D eigenvalue weighted by molar-refractivity contribution is 5.97. The summed E-state index contributed by atoms with van der Waals surface area (Å²) >= 11 is 0. The molecule has 0 radical (unpaired) electrons. The van der Waals surface area contributed by atoms with Crippen molar-refractivity contribution in [1.82, 2.24) is 10.6 Å². The first-order chi connectivity index (χ1) is 13.5. The van der Waals surface area contributed by atoms with Crippen LogP contribution in [0.4, 0.5) is 0 Å². The molecule has 3 rings (SSSR count). The van der Waals surface area contributed by atoms with Gasteiger partial charge in [0.15, 0.2) is 0 Å². The second-order valence-electron chi connectivity index (χ2n) is 6.69. The molecule has 0 bridgehead atoms. The van der Waals surface area contributed by atoms with E-state index in [9.17, 15) is 9.59 Å². The maximum Gasteiger partial charge on any atom is 0.255 e. The van der Waals surface area contributed by atoms with Crippen molar-refractivity contribution in [2.45, 2.75) is 19.8 Å². The van der Waals surface area contributed by atoms with Gasteiger partial charge < -0.3 is 15.1 Å². The van der Waals surface area contributed by atoms with Crippen LogP contribution in [-0.2, 0) is 4.79 Å². The third-order valence-corrected chi connectivity index (χ3v) is 4.60. The molecule has 0 saturated heterocycles. The molecule has 5 heteroatoms. The summed E-state index contributed by atoms with van der Waals surface area (Å²) < 4.78 is 5.36. The SMILES string of the molecule is Cc1cc(C(=O)NCC(=O)NCC(c2ccccc2)c2ccccc2)c(C)o1. The van der Waals surface area contributed by atoms with Crippen molar-refractivity contribution in [3.63, 3.8) is 0 Å². The maximum atomic E-state index is 12.3. The van der Waals surface area contributed by atoms with Gasteiger partial charge in [-0.2, -0.15) is 0 Å². The van der Waals surface area contributed by atoms with Gasteiger partial charge in [0.1, 0.15) is 11.5 Å². The lowest BCUT2D eigenvalue weighted by molar-refractivity contribution is -0.120. The third kappa shape index (κ3) is 4.88. The minimum Gasteiger partial charge on any atom is -0.466 e. The van der Waals surface area contributed by atoms with Crippen LogP contribution in [0.3, 0.4) is 0 Å². The van der Waals surface area contributed by atoms with E-state index in [2.05, 4.69) is 34.9 Å². The van der Waals surface area contributed by atoms with E-state index in [0.29, 0.717) is 23.6 Å². The summed E-state index contributed by atoms with van der Waals surface area (Å²) in [6, 6.07) is 21.8. The van der Waals surface area contributed by atoms with Crippen LogP contribution in [0, 0.1) is 13.8 Å². The Morgan fingerprint density at radius 3 is 1.96 bits per heavy atom. The number of aryl methyl sites for hydroxylation is 2. The number of carbonyl (C=O) groups excluding carboxylic acids is 2. The molecule has 3 aromatic rings. The van der Waals surface area contributed by atoms with Crippen molar-refractivity contribution >= 4 is 11.8 Å². The lowest BCUT2D eigenvalue weighted by atomic mass is 9.91. The zero-order chi connectivity index (χ0) is 19.9. The topological polar surface area (TPSA) is 71.3 Å². The van der Waals surface area contributed by atoms with E-state index >= 15 is 0 Å². The Kier molecular flexibility index (Phi) is 6.27. The average Bonchev–Trinajstić information content (AvgIpc) is 3.06. The van der Waals surface area contributed by atoms with Crippen LogP contribution < -0.4 is 10.6 Å². The number of furan rings is 1. The molecular formula is C23H24N2O3. The fraction of sp³-hybridized carbons (Fsp3) is 0.217. The van der Waals surface area contributed by atoms with Gasteiger partial charge in [0.2, 0.25) is 5.91 Å². The van der Waals surface area contributed by atoms with Gasteiger partial charge in [-0.15, -0.1) is 0 Å². The Labute approximate surface area is 164 Å². The van der Waals surface area contributed by atoms with Crippen molar-refractivity contribution < 1.29 is 14.0 Å². The zero-order valence-electron chi connectivity index (χ0n) is 16.1. The molecule has 1 heterocycles. The van der Waals surface area contributed by atoms with E-state index in [4.69, 9.17) is 4.42 Å². The highest BCUT2D eigenvalue weighted by atomic mass is 16.3. The summed E-state index contributed by atoms with van der Waals surface area (Å²) in [4.78, 5) is 24.5. The molecule has 144 valence electrons. The van der Waals surface area contributed by atoms with E-state index in [1.54, 1.807) is 19.9 Å². The van der Waals surface area contributed by atoms with Gasteiger partial charge in [0.05, 0.1) is 12.1 Å². The molecule has 0 aliphatic carbocycles. The number of benzene rings is 2. The maximum absolute atomic E-state index is 12.3. The fourth-order valence-electron chi connectivity index (χ4n) is 3.19. The quantitative estimate of drug-likeness (QED) is 0.662. The number of hydrogen-bond acceptors (Lipinski definition) is 3. The van der Waals surface area contributed by atoms with Crippen molar-refractivity contribution in [3.8, 4) is 0 Å². The minimum atomic E-state index is -0.313. The predicted octanol–water partition coefficient (Wildman–Crippen LogP) is 3.57. The van der Waals surface area contributed by atoms with E-state index in [0.717, 1.165) is 11.1 Å². The number of amides is 2. The van der Waals surface area contributed by atoms with E-state index in [1.807, 2.05) is 36.4 Å². The van der Waals surface area contributed by atoms with Gasteiger partial charge in [0.25, 0.3) is 5.91 Å². The molecule has 0 spiro atoms. The van der Waals surface area contributed by atoms with Crippen LogP contribution >= 0.6 is 0 Å². The fourth-order valence-corrected chi connectivity index (χ4v) is 3.19. The van der Waals surface area contributed by atoms with Crippen molar-refractivity contribution in [2.75, 3.05) is 13.1 Å². The number of carbonyl (C=O) groups is 2. The Hall–Kier alpha value is -3.34. The van der Waals surface area contributed by atoms with Gasteiger partial charge in [-0.1, -0.05) is 60.7 Å². The van der Waals surface area contributed by atoms with Crippen LogP contribution in [0.1, 0.15) is 38.9 Å². The summed E-state index contributed by atoms with van der Waals surface area (Å²) in [7, 11) is 0. The Bertz CT molecular complexity index is 893. The molecule has 2 amide bonds. The van der Waals surface area contributed by atoms with Gasteiger partial charge in [-0.25, -0.2) is 0 Å². The summed E-state index contributed by atoms with van der Waals surface area (Å²) in [5, 5.41) is 5.57. The second-order valence-corrected chi connectivity index (χ2v) is 6.69. The molecular weight excluding hydrogens is 352 g/mol. The summed E-state index contributed by atoms with van der Waals surface area (Å²) in [5.41, 5.74) is 2.71. The molecule has 2 N–H and O–H groups in total. The normalized spacial score (nSPS) is 10.7. The standard InChI is InChI=1S/C23H24N2O3/c1-16-13-20(17(2)28-16)23(27)25-15-22(26)24-14-21(18-9-5-3-6-10-18)19-11-7-4-8-12-19/h3-13,21H,14-15H2,1-2H3,(H,24,26)(H,25,27). The number of hydrogen-bond donors (Lipinski definition) is 2. The van der Waals surface area contributed by atoms with Crippen LogP contribution in [0.15, 0.2) is 71.1 Å². The zero-order valence-corrected chi connectivity index (χ0v) is 16.1. The molecule has 2 aromatic carbocycles. The number of rotatable bonds is 7. The van der Waals surface area contributed by atoms with Crippen molar-refractivity contribution in [3.05, 3.63) is 94.9 Å². The first-order valence-electron chi connectivity index (χ1n) is 9.26. The van der Waals surface area contributed by atoms with Crippen molar-refractivity contribution in [2.24, 2.45) is 0 Å². The van der Waals surface area contributed by atoms with E-state index in [-0.39, 0.29) is 24.3 Å². The largest absolute Gasteiger partial charge is 0.466 e. The predicted molar refractivity (Wildman–Crippen MR) is 108 cm³/mol. The first kappa shape index (κ1) is 19.4. The summed E-state index contributed by atoms with van der Waals surface area (Å²) in [6.07, 6.45) is 0. The molecule has 0 atom stereocenters. The molecule has 0 saturated carbocycles. The summed E-state index contributed by atoms with van der Waals surface area (Å²) in [6.45, 7) is 3.88. The smallest absolute Gasteiger partial charge is 0.255 e. The first-order valence-corrected chi connectivity index (χ1v) is 9.26. The van der Waals surface area contributed by atoms with Crippen LogP contribution in [-0.4, -0.2) is 24.9 Å². The van der Waals surface area contributed by atoms with Crippen LogP contribution in [0.2, 0.25) is 0 Å². The van der Waals surface area contributed by atoms with Gasteiger partial charge in [-0.3, -0.25) is 9.59 Å². The van der Waals surface area contributed by atoms with E-state index < -0.39 is 0 Å². The second kappa shape index (κ2) is 9.04. The van der Waals surface area contributed by atoms with E-state index in [1.165, 1.54) is 0 Å². The van der Waals surface area contributed by atoms with Crippen molar-refractivity contribution in [1.29, 1.82) is 0 Å². The Balaban J connectivity index is 1.59. The molecule has 0 aliphatic rings. The Morgan fingerprint density at radius 2 is 1.46 bits per heavy atom. The highest BCUT2D eigenvalue weighted by Gasteiger charge is 2.17. The summed E-state index contributed by atoms with van der Waals surface area (Å²) in [5.74, 6) is 0.709. The van der Waals surface area contributed by atoms with Gasteiger partial charge in [-0.05, 0) is 31.0 Å². The van der Waals surface area contributed by atoms with Crippen LogP contribution in [0.5, 0.6) is 0 Å². The lowest BCUT2D eigenvalue weighted by Crippen LogP contribution is -2.38. The third-order valence-electron chi connectivity index (χ3n) is 4.60. The monoisotopic (exact) mass is 376 g/mol. The average molecular weight is 376 g/mol. The number of nitrogens with one attached hydrogen (secondary N) is 2. The molecule has 5 nitrogen and oxygen atoms in total. The molecule has 0 fully saturated rings. The Morgan fingerprint density at radius 1 is 0.893 bits per heavy atom. The van der Waals surface area contributed by atoms with Gasteiger partial charge >= 0.3 is 0 Å². The molecule has 1 aromatic heterocycles. The van der Waals surface area contributed by atoms with Gasteiger partial charge in [0, 0.05) is 12.5 Å². The molecule has 28 heavy (non-hydrogen) atoms. The lowest BCUT2D eigenvalue weighted by Gasteiger charge is -2.19. The minimum absolute atomic E-state index is 0.0424. The highest BCUT2D eigenvalue weighted by Crippen LogP contribution is 2.23.